The minimum Gasteiger partial charge on any atom is -0.493 e. The molecule has 0 radical (unpaired) electrons. The Bertz CT molecular complexity index is 818. The predicted octanol–water partition coefficient (Wildman–Crippen LogP) is 4.23. The average molecular weight is 543 g/mol. The number of hydrogen-bond acceptors (Lipinski definition) is 4. The molecule has 1 aromatic carbocycles. The first-order valence-corrected chi connectivity index (χ1v) is 10.6. The van der Waals surface area contributed by atoms with Gasteiger partial charge in [-0.3, -0.25) is 9.67 Å². The van der Waals surface area contributed by atoms with E-state index < -0.39 is 0 Å². The number of aryl methyl sites for hydroxylation is 1. The number of rotatable bonds is 10. The van der Waals surface area contributed by atoms with Crippen LogP contribution in [0.1, 0.15) is 49.3 Å². The number of nitrogens with zero attached hydrogens (tertiary/aromatic N) is 3. The Labute approximate surface area is 204 Å². The summed E-state index contributed by atoms with van der Waals surface area (Å²) in [5.41, 5.74) is 4.54. The zero-order valence-electron chi connectivity index (χ0n) is 19.9. The number of benzene rings is 1. The lowest BCUT2D eigenvalue weighted by Gasteiger charge is -2.19. The molecule has 0 saturated carbocycles. The van der Waals surface area contributed by atoms with Crippen LogP contribution in [-0.4, -0.2) is 43.1 Å². The average Bonchev–Trinajstić information content (AvgIpc) is 3.00. The number of guanidine groups is 1. The van der Waals surface area contributed by atoms with Gasteiger partial charge in [0, 0.05) is 32.0 Å². The predicted molar refractivity (Wildman–Crippen MR) is 138 cm³/mol. The first-order chi connectivity index (χ1) is 14.3. The van der Waals surface area contributed by atoms with Gasteiger partial charge < -0.3 is 20.1 Å². The van der Waals surface area contributed by atoms with Crippen molar-refractivity contribution in [2.75, 3.05) is 27.4 Å². The highest BCUT2D eigenvalue weighted by Crippen LogP contribution is 2.18. The van der Waals surface area contributed by atoms with Crippen molar-refractivity contribution in [2.45, 2.75) is 53.8 Å². The number of aliphatic imine (C=N–C) groups is 1. The number of halogens is 1. The van der Waals surface area contributed by atoms with Crippen molar-refractivity contribution in [1.82, 2.24) is 20.4 Å². The fraction of sp³-hybridized carbons (Fsp3) is 0.565. The minimum atomic E-state index is 0. The Kier molecular flexibility index (Phi) is 11.9. The number of aromatic nitrogens is 2. The van der Waals surface area contributed by atoms with Crippen LogP contribution in [0.25, 0.3) is 0 Å². The lowest BCUT2D eigenvalue weighted by molar-refractivity contribution is 0.182. The van der Waals surface area contributed by atoms with Gasteiger partial charge in [0.2, 0.25) is 0 Å². The number of ether oxygens (including phenoxy) is 2. The Morgan fingerprint density at radius 3 is 2.42 bits per heavy atom. The molecule has 0 aliphatic rings. The smallest absolute Gasteiger partial charge is 0.191 e. The summed E-state index contributed by atoms with van der Waals surface area (Å²) in [6.45, 7) is 13.3. The van der Waals surface area contributed by atoms with E-state index in [1.54, 1.807) is 14.2 Å². The third-order valence-corrected chi connectivity index (χ3v) is 5.01. The maximum Gasteiger partial charge on any atom is 0.191 e. The summed E-state index contributed by atoms with van der Waals surface area (Å²) in [6.07, 6.45) is 0. The highest BCUT2D eigenvalue weighted by Gasteiger charge is 2.13. The molecular weight excluding hydrogens is 505 g/mol. The third-order valence-electron chi connectivity index (χ3n) is 5.01. The Balaban J connectivity index is 0.00000480. The molecule has 2 N–H and O–H groups in total. The van der Waals surface area contributed by atoms with Crippen LogP contribution >= 0.6 is 24.0 Å². The van der Waals surface area contributed by atoms with E-state index in [0.29, 0.717) is 19.1 Å². The summed E-state index contributed by atoms with van der Waals surface area (Å²) < 4.78 is 12.9. The van der Waals surface area contributed by atoms with Crippen molar-refractivity contribution in [3.05, 3.63) is 46.8 Å². The fourth-order valence-electron chi connectivity index (χ4n) is 3.16. The lowest BCUT2D eigenvalue weighted by atomic mass is 10.1. The van der Waals surface area contributed by atoms with Crippen molar-refractivity contribution in [3.63, 3.8) is 0 Å². The van der Waals surface area contributed by atoms with Crippen molar-refractivity contribution in [3.8, 4) is 5.75 Å². The van der Waals surface area contributed by atoms with Crippen molar-refractivity contribution >= 4 is 29.9 Å². The molecule has 8 heteroatoms. The normalized spacial score (nSPS) is 12.5. The Morgan fingerprint density at radius 2 is 1.84 bits per heavy atom. The Hall–Kier alpha value is -1.81. The molecule has 0 saturated heterocycles. The van der Waals surface area contributed by atoms with Gasteiger partial charge in [-0.25, -0.2) is 0 Å². The monoisotopic (exact) mass is 543 g/mol. The summed E-state index contributed by atoms with van der Waals surface area (Å²) >= 11 is 0. The van der Waals surface area contributed by atoms with Crippen molar-refractivity contribution in [1.29, 1.82) is 0 Å². The third kappa shape index (κ3) is 8.33. The lowest BCUT2D eigenvalue weighted by Crippen LogP contribution is -2.38. The molecule has 7 nitrogen and oxygen atoms in total. The van der Waals surface area contributed by atoms with Gasteiger partial charge in [-0.15, -0.1) is 24.0 Å². The maximum atomic E-state index is 5.77. The second kappa shape index (κ2) is 13.6. The zero-order chi connectivity index (χ0) is 22.1. The van der Waals surface area contributed by atoms with Crippen LogP contribution in [0.2, 0.25) is 0 Å². The summed E-state index contributed by atoms with van der Waals surface area (Å²) in [5, 5.41) is 11.5. The highest BCUT2D eigenvalue weighted by atomic mass is 127. The molecule has 1 aromatic heterocycles. The van der Waals surface area contributed by atoms with E-state index in [2.05, 4.69) is 60.6 Å². The van der Waals surface area contributed by atoms with E-state index in [1.807, 2.05) is 23.7 Å². The fourth-order valence-corrected chi connectivity index (χ4v) is 3.16. The highest BCUT2D eigenvalue weighted by molar-refractivity contribution is 14.0. The molecule has 0 aliphatic carbocycles. The van der Waals surface area contributed by atoms with Gasteiger partial charge in [0.05, 0.1) is 31.5 Å². The molecule has 0 spiro atoms. The largest absolute Gasteiger partial charge is 0.493 e. The topological polar surface area (TPSA) is 72.7 Å². The molecule has 1 atom stereocenters. The molecular formula is C23H38IN5O2. The van der Waals surface area contributed by atoms with Gasteiger partial charge >= 0.3 is 0 Å². The van der Waals surface area contributed by atoms with Crippen LogP contribution < -0.4 is 15.4 Å². The number of hydrogen-bond donors (Lipinski definition) is 2. The van der Waals surface area contributed by atoms with Gasteiger partial charge in [-0.05, 0) is 44.4 Å². The molecule has 2 rings (SSSR count). The van der Waals surface area contributed by atoms with Crippen molar-refractivity contribution in [2.24, 2.45) is 10.9 Å². The molecule has 0 fully saturated rings. The second-order valence-electron chi connectivity index (χ2n) is 7.93. The van der Waals surface area contributed by atoms with Gasteiger partial charge in [0.25, 0.3) is 0 Å². The van der Waals surface area contributed by atoms with E-state index >= 15 is 0 Å². The van der Waals surface area contributed by atoms with Crippen LogP contribution in [0.5, 0.6) is 5.75 Å². The van der Waals surface area contributed by atoms with Crippen LogP contribution in [0, 0.1) is 19.8 Å². The van der Waals surface area contributed by atoms with Gasteiger partial charge in [0.1, 0.15) is 5.75 Å². The summed E-state index contributed by atoms with van der Waals surface area (Å²) in [4.78, 5) is 4.37. The van der Waals surface area contributed by atoms with Gasteiger partial charge in [-0.1, -0.05) is 26.0 Å². The molecule has 1 heterocycles. The zero-order valence-corrected chi connectivity index (χ0v) is 22.2. The van der Waals surface area contributed by atoms with E-state index in [0.717, 1.165) is 36.2 Å². The van der Waals surface area contributed by atoms with Gasteiger partial charge in [-0.2, -0.15) is 5.10 Å². The molecule has 174 valence electrons. The molecule has 0 aliphatic heterocycles. The molecule has 0 amide bonds. The number of nitrogens with one attached hydrogen (secondary N) is 2. The molecule has 0 bridgehead atoms. The van der Waals surface area contributed by atoms with Crippen molar-refractivity contribution < 1.29 is 9.47 Å². The van der Waals surface area contributed by atoms with E-state index in [-0.39, 0.29) is 30.0 Å². The second-order valence-corrected chi connectivity index (χ2v) is 7.93. The number of methoxy groups -OCH3 is 1. The summed E-state index contributed by atoms with van der Waals surface area (Å²) in [6, 6.07) is 8.34. The quantitative estimate of drug-likeness (QED) is 0.267. The van der Waals surface area contributed by atoms with Crippen LogP contribution in [0.3, 0.4) is 0 Å². The SMILES string of the molecule is CN=C(NCc1c(C)nn(CCOC)c1C)NC(C)c1ccc(OCC(C)C)cc1.I. The van der Waals surface area contributed by atoms with Crippen LogP contribution in [0.4, 0.5) is 0 Å². The standard InChI is InChI=1S/C23H37N5O2.HI/c1-16(2)15-30-21-10-8-20(9-11-21)17(3)26-23(24-6)25-14-22-18(4)27-28(19(22)5)12-13-29-7;/h8-11,16-17H,12-15H2,1-7H3,(H2,24,25,26);1H. The van der Waals surface area contributed by atoms with E-state index in [1.165, 1.54) is 11.1 Å². The first kappa shape index (κ1) is 27.2. The maximum absolute atomic E-state index is 5.77. The molecule has 1 unspecified atom stereocenters. The Morgan fingerprint density at radius 1 is 1.16 bits per heavy atom. The molecule has 31 heavy (non-hydrogen) atoms. The molecule has 2 aromatic rings. The summed E-state index contributed by atoms with van der Waals surface area (Å²) in [5.74, 6) is 2.17. The van der Waals surface area contributed by atoms with E-state index in [4.69, 9.17) is 9.47 Å². The minimum absolute atomic E-state index is 0. The summed E-state index contributed by atoms with van der Waals surface area (Å²) in [7, 11) is 3.49. The van der Waals surface area contributed by atoms with Gasteiger partial charge in [0.15, 0.2) is 5.96 Å². The first-order valence-electron chi connectivity index (χ1n) is 10.6. The van der Waals surface area contributed by atoms with E-state index in [9.17, 15) is 0 Å². The van der Waals surface area contributed by atoms with Crippen LogP contribution in [0.15, 0.2) is 29.3 Å². The van der Waals surface area contributed by atoms with Crippen LogP contribution in [-0.2, 0) is 17.8 Å².